The Morgan fingerprint density at radius 1 is 1.15 bits per heavy atom. The van der Waals surface area contributed by atoms with Crippen LogP contribution in [0.15, 0.2) is 41.5 Å². The van der Waals surface area contributed by atoms with Gasteiger partial charge in [0.05, 0.1) is 6.61 Å². The SMILES string of the molecule is CCNC(=NCCCn1ccc2ccccc21)NCCCN(C)CCOC. The topological polar surface area (TPSA) is 53.8 Å². The molecule has 1 aromatic heterocycles. The van der Waals surface area contributed by atoms with Crippen LogP contribution < -0.4 is 10.6 Å². The van der Waals surface area contributed by atoms with Gasteiger partial charge < -0.3 is 24.8 Å². The Bertz CT molecular complexity index is 682. The zero-order valence-corrected chi connectivity index (χ0v) is 17.1. The number of para-hydroxylation sites is 1. The number of nitrogens with zero attached hydrogens (tertiary/aromatic N) is 3. The van der Waals surface area contributed by atoms with Crippen molar-refractivity contribution < 1.29 is 4.74 Å². The molecule has 0 saturated heterocycles. The molecule has 1 heterocycles. The van der Waals surface area contributed by atoms with Crippen LogP contribution >= 0.6 is 0 Å². The van der Waals surface area contributed by atoms with Gasteiger partial charge in [0, 0.05) is 51.5 Å². The Balaban J connectivity index is 1.69. The fourth-order valence-electron chi connectivity index (χ4n) is 3.02. The summed E-state index contributed by atoms with van der Waals surface area (Å²) in [5.74, 6) is 0.911. The third-order valence-corrected chi connectivity index (χ3v) is 4.54. The van der Waals surface area contributed by atoms with Crippen LogP contribution in [-0.2, 0) is 11.3 Å². The van der Waals surface area contributed by atoms with E-state index in [2.05, 4.69) is 70.6 Å². The predicted molar refractivity (Wildman–Crippen MR) is 115 cm³/mol. The van der Waals surface area contributed by atoms with Crippen molar-refractivity contribution >= 4 is 16.9 Å². The molecule has 1 aromatic carbocycles. The van der Waals surface area contributed by atoms with Gasteiger partial charge in [-0.25, -0.2) is 0 Å². The number of nitrogens with one attached hydrogen (secondary N) is 2. The van der Waals surface area contributed by atoms with E-state index in [-0.39, 0.29) is 0 Å². The average Bonchev–Trinajstić information content (AvgIpc) is 3.10. The molecule has 2 N–H and O–H groups in total. The van der Waals surface area contributed by atoms with Gasteiger partial charge in [-0.15, -0.1) is 0 Å². The summed E-state index contributed by atoms with van der Waals surface area (Å²) in [6, 6.07) is 10.7. The van der Waals surface area contributed by atoms with Gasteiger partial charge >= 0.3 is 0 Å². The molecule has 0 aliphatic carbocycles. The molecule has 6 heteroatoms. The van der Waals surface area contributed by atoms with Gasteiger partial charge in [-0.1, -0.05) is 18.2 Å². The zero-order chi connectivity index (χ0) is 19.3. The molecule has 0 spiro atoms. The van der Waals surface area contributed by atoms with E-state index in [0.29, 0.717) is 0 Å². The number of guanidine groups is 1. The number of aryl methyl sites for hydroxylation is 1. The number of rotatable bonds is 12. The van der Waals surface area contributed by atoms with Gasteiger partial charge in [0.25, 0.3) is 0 Å². The lowest BCUT2D eigenvalue weighted by Crippen LogP contribution is -2.38. The maximum absolute atomic E-state index is 5.11. The first-order chi connectivity index (χ1) is 13.2. The molecule has 27 heavy (non-hydrogen) atoms. The van der Waals surface area contributed by atoms with Crippen molar-refractivity contribution in [3.05, 3.63) is 36.5 Å². The molecule has 0 amide bonds. The molecule has 6 nitrogen and oxygen atoms in total. The molecular weight excluding hydrogens is 338 g/mol. The summed E-state index contributed by atoms with van der Waals surface area (Å²) < 4.78 is 7.41. The summed E-state index contributed by atoms with van der Waals surface area (Å²) in [7, 11) is 3.87. The first-order valence-corrected chi connectivity index (χ1v) is 9.98. The highest BCUT2D eigenvalue weighted by Crippen LogP contribution is 2.15. The highest BCUT2D eigenvalue weighted by Gasteiger charge is 2.01. The number of hydrogen-bond donors (Lipinski definition) is 2. The zero-order valence-electron chi connectivity index (χ0n) is 17.1. The van der Waals surface area contributed by atoms with Crippen molar-refractivity contribution in [2.45, 2.75) is 26.3 Å². The molecule has 2 rings (SSSR count). The smallest absolute Gasteiger partial charge is 0.191 e. The van der Waals surface area contributed by atoms with Crippen LogP contribution in [0.3, 0.4) is 0 Å². The number of fused-ring (bicyclic) bond motifs is 1. The van der Waals surface area contributed by atoms with E-state index in [4.69, 9.17) is 9.73 Å². The van der Waals surface area contributed by atoms with Gasteiger partial charge in [0.15, 0.2) is 5.96 Å². The maximum Gasteiger partial charge on any atom is 0.191 e. The van der Waals surface area contributed by atoms with Crippen molar-refractivity contribution in [3.8, 4) is 0 Å². The highest BCUT2D eigenvalue weighted by atomic mass is 16.5. The third-order valence-electron chi connectivity index (χ3n) is 4.54. The van der Waals surface area contributed by atoms with Crippen LogP contribution in [-0.4, -0.2) is 68.9 Å². The van der Waals surface area contributed by atoms with E-state index in [1.165, 1.54) is 10.9 Å². The number of methoxy groups -OCH3 is 1. The minimum Gasteiger partial charge on any atom is -0.383 e. The summed E-state index contributed by atoms with van der Waals surface area (Å²) in [5.41, 5.74) is 1.30. The fraction of sp³-hybridized carbons (Fsp3) is 0.571. The average molecular weight is 374 g/mol. The molecule has 0 aliphatic heterocycles. The Labute approximate surface area is 163 Å². The molecule has 0 atom stereocenters. The van der Waals surface area contributed by atoms with E-state index in [0.717, 1.165) is 64.7 Å². The maximum atomic E-state index is 5.11. The van der Waals surface area contributed by atoms with Crippen LogP contribution in [0.2, 0.25) is 0 Å². The number of ether oxygens (including phenoxy) is 1. The largest absolute Gasteiger partial charge is 0.383 e. The lowest BCUT2D eigenvalue weighted by Gasteiger charge is -2.17. The van der Waals surface area contributed by atoms with Gasteiger partial charge in [-0.05, 0) is 50.9 Å². The van der Waals surface area contributed by atoms with Crippen molar-refractivity contribution in [2.75, 3.05) is 53.5 Å². The van der Waals surface area contributed by atoms with Crippen molar-refractivity contribution in [3.63, 3.8) is 0 Å². The standard InChI is InChI=1S/C21H35N5O/c1-4-22-21(23-12-7-14-25(2)17-18-27-3)24-13-8-15-26-16-11-19-9-5-6-10-20(19)26/h5-6,9-11,16H,4,7-8,12-15,17-18H2,1-3H3,(H2,22,23,24). The van der Waals surface area contributed by atoms with Gasteiger partial charge in [0.2, 0.25) is 0 Å². The first kappa shape index (κ1) is 21.3. The van der Waals surface area contributed by atoms with Gasteiger partial charge in [0.1, 0.15) is 0 Å². The Kier molecular flexibility index (Phi) is 9.73. The van der Waals surface area contributed by atoms with Gasteiger partial charge in [-0.3, -0.25) is 4.99 Å². The monoisotopic (exact) mass is 373 g/mol. The number of aliphatic imine (C=N–C) groups is 1. The number of hydrogen-bond acceptors (Lipinski definition) is 3. The van der Waals surface area contributed by atoms with Crippen molar-refractivity contribution in [2.24, 2.45) is 4.99 Å². The van der Waals surface area contributed by atoms with E-state index in [9.17, 15) is 0 Å². The Morgan fingerprint density at radius 3 is 2.81 bits per heavy atom. The number of benzene rings is 1. The molecule has 0 aliphatic rings. The molecule has 0 unspecified atom stereocenters. The number of aromatic nitrogens is 1. The summed E-state index contributed by atoms with van der Waals surface area (Å²) in [6.07, 6.45) is 4.27. The molecule has 0 radical (unpaired) electrons. The van der Waals surface area contributed by atoms with Crippen LogP contribution in [0, 0.1) is 0 Å². The first-order valence-electron chi connectivity index (χ1n) is 9.98. The van der Waals surface area contributed by atoms with Crippen LogP contribution in [0.5, 0.6) is 0 Å². The second kappa shape index (κ2) is 12.4. The Morgan fingerprint density at radius 2 is 2.00 bits per heavy atom. The quantitative estimate of drug-likeness (QED) is 0.341. The Hall–Kier alpha value is -2.05. The highest BCUT2D eigenvalue weighted by molar-refractivity contribution is 5.80. The third kappa shape index (κ3) is 7.61. The molecule has 2 aromatic rings. The minimum absolute atomic E-state index is 0.782. The molecule has 0 saturated carbocycles. The van der Waals surface area contributed by atoms with Crippen LogP contribution in [0.4, 0.5) is 0 Å². The summed E-state index contributed by atoms with van der Waals surface area (Å²) in [4.78, 5) is 7.00. The molecule has 0 fully saturated rings. The van der Waals surface area contributed by atoms with E-state index in [1.54, 1.807) is 7.11 Å². The van der Waals surface area contributed by atoms with Crippen molar-refractivity contribution in [1.82, 2.24) is 20.1 Å². The molecule has 150 valence electrons. The van der Waals surface area contributed by atoms with E-state index in [1.807, 2.05) is 0 Å². The minimum atomic E-state index is 0.782. The van der Waals surface area contributed by atoms with Gasteiger partial charge in [-0.2, -0.15) is 0 Å². The molecular formula is C21H35N5O. The second-order valence-corrected chi connectivity index (χ2v) is 6.76. The molecule has 0 bridgehead atoms. The van der Waals surface area contributed by atoms with Crippen molar-refractivity contribution in [1.29, 1.82) is 0 Å². The number of likely N-dealkylation sites (N-methyl/N-ethyl adjacent to an activating group) is 1. The lowest BCUT2D eigenvalue weighted by molar-refractivity contribution is 0.161. The van der Waals surface area contributed by atoms with Crippen LogP contribution in [0.1, 0.15) is 19.8 Å². The summed E-state index contributed by atoms with van der Waals surface area (Å²) in [6.45, 7) is 8.51. The fourth-order valence-corrected chi connectivity index (χ4v) is 3.02. The summed E-state index contributed by atoms with van der Waals surface area (Å²) in [5, 5.41) is 8.05. The predicted octanol–water partition coefficient (Wildman–Crippen LogP) is 2.55. The summed E-state index contributed by atoms with van der Waals surface area (Å²) >= 11 is 0. The van der Waals surface area contributed by atoms with E-state index >= 15 is 0 Å². The lowest BCUT2D eigenvalue weighted by atomic mass is 10.2. The normalized spacial score (nSPS) is 12.1. The van der Waals surface area contributed by atoms with Crippen LogP contribution in [0.25, 0.3) is 10.9 Å². The second-order valence-electron chi connectivity index (χ2n) is 6.76. The van der Waals surface area contributed by atoms with E-state index < -0.39 is 0 Å².